The molecule has 2 heterocycles. The Morgan fingerprint density at radius 3 is 2.29 bits per heavy atom. The minimum absolute atomic E-state index is 0.0842. The van der Waals surface area contributed by atoms with Gasteiger partial charge in [-0.3, -0.25) is 9.69 Å². The number of hydrogen-bond donors (Lipinski definition) is 1. The highest BCUT2D eigenvalue weighted by Gasteiger charge is 2.22. The van der Waals surface area contributed by atoms with Gasteiger partial charge in [0.15, 0.2) is 5.76 Å². The Labute approximate surface area is 179 Å². The van der Waals surface area contributed by atoms with Gasteiger partial charge >= 0.3 is 0 Å². The number of hydrogen-bond acceptors (Lipinski definition) is 4. The van der Waals surface area contributed by atoms with Crippen LogP contribution in [0, 0.1) is 11.6 Å². The Hall–Kier alpha value is -3.19. The molecular weight excluding hydrogens is 402 g/mol. The summed E-state index contributed by atoms with van der Waals surface area (Å²) in [6.45, 7) is 2.64. The highest BCUT2D eigenvalue weighted by molar-refractivity contribution is 5.91. The third kappa shape index (κ3) is 5.92. The van der Waals surface area contributed by atoms with Gasteiger partial charge in [0.25, 0.3) is 5.91 Å². The van der Waals surface area contributed by atoms with E-state index < -0.39 is 0 Å². The first-order valence-electron chi connectivity index (χ1n) is 10.3. The van der Waals surface area contributed by atoms with Crippen molar-refractivity contribution in [2.24, 2.45) is 0 Å². The Morgan fingerprint density at radius 2 is 1.61 bits per heavy atom. The molecule has 7 heteroatoms. The Balaban J connectivity index is 1.22. The number of benzene rings is 2. The standard InChI is InChI=1S/C24H24F2N2O3/c25-18-3-1-17(2-4-18)15-28-13-11-20(12-14-28)27-24(29)23-10-9-22(31-23)16-30-21-7-5-19(26)6-8-21/h1-10,20H,11-16H2,(H,27,29). The molecule has 1 aliphatic rings. The number of furan rings is 1. The van der Waals surface area contributed by atoms with Gasteiger partial charge in [0.05, 0.1) is 0 Å². The average molecular weight is 426 g/mol. The van der Waals surface area contributed by atoms with Crippen LogP contribution in [0.1, 0.15) is 34.7 Å². The monoisotopic (exact) mass is 426 g/mol. The molecule has 0 spiro atoms. The van der Waals surface area contributed by atoms with Gasteiger partial charge in [-0.15, -0.1) is 0 Å². The molecule has 0 aliphatic carbocycles. The van der Waals surface area contributed by atoms with Crippen molar-refractivity contribution in [2.75, 3.05) is 13.1 Å². The molecule has 1 amide bonds. The van der Waals surface area contributed by atoms with Crippen molar-refractivity contribution in [3.05, 3.63) is 89.4 Å². The second-order valence-electron chi connectivity index (χ2n) is 7.66. The van der Waals surface area contributed by atoms with Gasteiger partial charge in [0.2, 0.25) is 0 Å². The van der Waals surface area contributed by atoms with Crippen LogP contribution in [0.15, 0.2) is 65.1 Å². The van der Waals surface area contributed by atoms with Crippen LogP contribution < -0.4 is 10.1 Å². The number of ether oxygens (including phenoxy) is 1. The van der Waals surface area contributed by atoms with Crippen molar-refractivity contribution in [1.29, 1.82) is 0 Å². The Morgan fingerprint density at radius 1 is 0.968 bits per heavy atom. The smallest absolute Gasteiger partial charge is 0.287 e. The first kappa shape index (κ1) is 21.1. The fourth-order valence-corrected chi connectivity index (χ4v) is 3.60. The van der Waals surface area contributed by atoms with Crippen LogP contribution in [0.3, 0.4) is 0 Å². The molecule has 1 aromatic heterocycles. The van der Waals surface area contributed by atoms with Crippen LogP contribution in [0.4, 0.5) is 8.78 Å². The highest BCUT2D eigenvalue weighted by Crippen LogP contribution is 2.17. The third-order valence-electron chi connectivity index (χ3n) is 5.32. The minimum Gasteiger partial charge on any atom is -0.486 e. The fourth-order valence-electron chi connectivity index (χ4n) is 3.60. The zero-order chi connectivity index (χ0) is 21.6. The van der Waals surface area contributed by atoms with Gasteiger partial charge in [-0.2, -0.15) is 0 Å². The lowest BCUT2D eigenvalue weighted by Gasteiger charge is -2.32. The lowest BCUT2D eigenvalue weighted by atomic mass is 10.0. The molecule has 2 aromatic carbocycles. The molecule has 0 unspecified atom stereocenters. The summed E-state index contributed by atoms with van der Waals surface area (Å²) in [6, 6.07) is 15.7. The third-order valence-corrected chi connectivity index (χ3v) is 5.32. The number of nitrogens with one attached hydrogen (secondary N) is 1. The zero-order valence-corrected chi connectivity index (χ0v) is 17.0. The first-order valence-corrected chi connectivity index (χ1v) is 10.3. The van der Waals surface area contributed by atoms with E-state index in [1.165, 1.54) is 36.4 Å². The molecule has 3 aromatic rings. The topological polar surface area (TPSA) is 54.7 Å². The summed E-state index contributed by atoms with van der Waals surface area (Å²) in [7, 11) is 0. The molecule has 31 heavy (non-hydrogen) atoms. The number of carbonyl (C=O) groups is 1. The molecule has 4 rings (SSSR count). The van der Waals surface area contributed by atoms with E-state index in [-0.39, 0.29) is 36.0 Å². The molecule has 1 aliphatic heterocycles. The number of nitrogens with zero attached hydrogens (tertiary/aromatic N) is 1. The molecule has 1 saturated heterocycles. The largest absolute Gasteiger partial charge is 0.486 e. The predicted molar refractivity (Wildman–Crippen MR) is 112 cm³/mol. The fraction of sp³-hybridized carbons (Fsp3) is 0.292. The predicted octanol–water partition coefficient (Wildman–Crippen LogP) is 4.53. The van der Waals surface area contributed by atoms with E-state index in [4.69, 9.17) is 9.15 Å². The number of rotatable bonds is 7. The summed E-state index contributed by atoms with van der Waals surface area (Å²) in [5.74, 6) is 0.482. The number of halogens is 2. The van der Waals surface area contributed by atoms with Crippen molar-refractivity contribution < 1.29 is 22.7 Å². The SMILES string of the molecule is O=C(NC1CCN(Cc2ccc(F)cc2)CC1)c1ccc(COc2ccc(F)cc2)o1. The van der Waals surface area contributed by atoms with Gasteiger partial charge < -0.3 is 14.5 Å². The molecule has 0 radical (unpaired) electrons. The van der Waals surface area contributed by atoms with Crippen LogP contribution >= 0.6 is 0 Å². The molecule has 0 bridgehead atoms. The zero-order valence-electron chi connectivity index (χ0n) is 17.0. The van der Waals surface area contributed by atoms with Crippen molar-refractivity contribution in [2.45, 2.75) is 32.0 Å². The summed E-state index contributed by atoms with van der Waals surface area (Å²) >= 11 is 0. The summed E-state index contributed by atoms with van der Waals surface area (Å²) in [5.41, 5.74) is 1.08. The van der Waals surface area contributed by atoms with Gasteiger partial charge in [0, 0.05) is 25.7 Å². The lowest BCUT2D eigenvalue weighted by molar-refractivity contribution is 0.0877. The quantitative estimate of drug-likeness (QED) is 0.603. The molecule has 5 nitrogen and oxygen atoms in total. The van der Waals surface area contributed by atoms with E-state index in [1.54, 1.807) is 24.3 Å². The van der Waals surface area contributed by atoms with Crippen molar-refractivity contribution in [3.63, 3.8) is 0 Å². The number of amides is 1. The van der Waals surface area contributed by atoms with Gasteiger partial charge in [0.1, 0.15) is 29.8 Å². The maximum atomic E-state index is 13.0. The first-order chi connectivity index (χ1) is 15.0. The summed E-state index contributed by atoms with van der Waals surface area (Å²) in [5, 5.41) is 3.03. The van der Waals surface area contributed by atoms with Gasteiger partial charge in [-0.05, 0) is 66.9 Å². The van der Waals surface area contributed by atoms with E-state index in [0.717, 1.165) is 38.0 Å². The normalized spacial score (nSPS) is 15.0. The molecular formula is C24H24F2N2O3. The second kappa shape index (κ2) is 9.75. The van der Waals surface area contributed by atoms with E-state index in [0.29, 0.717) is 11.5 Å². The molecule has 0 atom stereocenters. The van der Waals surface area contributed by atoms with Crippen LogP contribution in [0.2, 0.25) is 0 Å². The summed E-state index contributed by atoms with van der Waals surface area (Å²) in [4.78, 5) is 14.8. The van der Waals surface area contributed by atoms with E-state index in [1.807, 2.05) is 0 Å². The van der Waals surface area contributed by atoms with Gasteiger partial charge in [-0.1, -0.05) is 12.1 Å². The summed E-state index contributed by atoms with van der Waals surface area (Å²) in [6.07, 6.45) is 1.68. The van der Waals surface area contributed by atoms with Crippen molar-refractivity contribution in [1.82, 2.24) is 10.2 Å². The maximum Gasteiger partial charge on any atom is 0.287 e. The number of likely N-dealkylation sites (tertiary alicyclic amines) is 1. The van der Waals surface area contributed by atoms with E-state index in [9.17, 15) is 13.6 Å². The van der Waals surface area contributed by atoms with E-state index >= 15 is 0 Å². The average Bonchev–Trinajstić information content (AvgIpc) is 3.26. The molecule has 162 valence electrons. The van der Waals surface area contributed by atoms with Crippen LogP contribution in [0.25, 0.3) is 0 Å². The molecule has 1 fully saturated rings. The second-order valence-corrected chi connectivity index (χ2v) is 7.66. The molecule has 0 saturated carbocycles. The van der Waals surface area contributed by atoms with Crippen LogP contribution in [0.5, 0.6) is 5.75 Å². The highest BCUT2D eigenvalue weighted by atomic mass is 19.1. The minimum atomic E-state index is -0.328. The van der Waals surface area contributed by atoms with Crippen LogP contribution in [-0.4, -0.2) is 29.9 Å². The van der Waals surface area contributed by atoms with Crippen molar-refractivity contribution >= 4 is 5.91 Å². The van der Waals surface area contributed by atoms with Crippen LogP contribution in [-0.2, 0) is 13.2 Å². The molecule has 1 N–H and O–H groups in total. The lowest BCUT2D eigenvalue weighted by Crippen LogP contribution is -2.44. The van der Waals surface area contributed by atoms with E-state index in [2.05, 4.69) is 10.2 Å². The maximum absolute atomic E-state index is 13.0. The summed E-state index contributed by atoms with van der Waals surface area (Å²) < 4.78 is 37.1. The van der Waals surface area contributed by atoms with Gasteiger partial charge in [-0.25, -0.2) is 8.78 Å². The Kier molecular flexibility index (Phi) is 6.62. The van der Waals surface area contributed by atoms with Crippen molar-refractivity contribution in [3.8, 4) is 5.75 Å². The Bertz CT molecular complexity index is 994. The number of piperidine rings is 1. The number of carbonyl (C=O) groups excluding carboxylic acids is 1.